The predicted molar refractivity (Wildman–Crippen MR) is 150 cm³/mol. The third-order valence-corrected chi connectivity index (χ3v) is 8.14. The van der Waals surface area contributed by atoms with E-state index in [2.05, 4.69) is 5.32 Å². The fourth-order valence-electron chi connectivity index (χ4n) is 4.94. The Morgan fingerprint density at radius 1 is 0.923 bits per heavy atom. The van der Waals surface area contributed by atoms with Crippen molar-refractivity contribution in [3.05, 3.63) is 102 Å². The summed E-state index contributed by atoms with van der Waals surface area (Å²) >= 11 is 0. The molecule has 1 N–H and O–H groups in total. The number of nitrogens with zero attached hydrogens (tertiary/aromatic N) is 2. The summed E-state index contributed by atoms with van der Waals surface area (Å²) in [5, 5.41) is 3.09. The third kappa shape index (κ3) is 7.66. The largest absolute Gasteiger partial charge is 0.352 e. The number of para-hydroxylation sites is 1. The van der Waals surface area contributed by atoms with Crippen LogP contribution in [-0.4, -0.2) is 50.0 Å². The van der Waals surface area contributed by atoms with E-state index in [1.165, 1.54) is 11.0 Å². The molecule has 2 amide bonds. The first kappa shape index (κ1) is 28.3. The number of nitrogens with one attached hydrogen (secondary N) is 1. The van der Waals surface area contributed by atoms with Crippen molar-refractivity contribution in [3.63, 3.8) is 0 Å². The van der Waals surface area contributed by atoms with Crippen LogP contribution in [0.2, 0.25) is 0 Å². The second-order valence-corrected chi connectivity index (χ2v) is 11.8. The van der Waals surface area contributed by atoms with Crippen LogP contribution in [0.3, 0.4) is 0 Å². The molecule has 0 heterocycles. The van der Waals surface area contributed by atoms with Gasteiger partial charge in [0.05, 0.1) is 11.9 Å². The molecule has 1 aliphatic carbocycles. The molecule has 0 unspecified atom stereocenters. The van der Waals surface area contributed by atoms with E-state index in [-0.39, 0.29) is 30.5 Å². The van der Waals surface area contributed by atoms with Crippen LogP contribution < -0.4 is 9.62 Å². The Morgan fingerprint density at radius 3 is 2.13 bits per heavy atom. The Bertz CT molecular complexity index is 1360. The normalized spacial score (nSPS) is 14.5. The van der Waals surface area contributed by atoms with Gasteiger partial charge in [0, 0.05) is 24.6 Å². The van der Waals surface area contributed by atoms with Crippen molar-refractivity contribution >= 4 is 27.5 Å². The molecular formula is C30H34FN3O4S. The number of carbonyl (C=O) groups excluding carboxylic acids is 2. The van der Waals surface area contributed by atoms with Gasteiger partial charge in [-0.25, -0.2) is 12.8 Å². The topological polar surface area (TPSA) is 86.8 Å². The van der Waals surface area contributed by atoms with Gasteiger partial charge in [-0.05, 0) is 36.6 Å². The van der Waals surface area contributed by atoms with Crippen molar-refractivity contribution in [3.8, 4) is 0 Å². The highest BCUT2D eigenvalue weighted by Crippen LogP contribution is 2.22. The fourth-order valence-corrected chi connectivity index (χ4v) is 5.79. The molecule has 0 spiro atoms. The Kier molecular flexibility index (Phi) is 9.35. The minimum atomic E-state index is -3.84. The van der Waals surface area contributed by atoms with Gasteiger partial charge in [-0.3, -0.25) is 13.9 Å². The maximum atomic E-state index is 14.8. The standard InChI is InChI=1S/C30H34FN3O4S/c1-39(37,38)34(26-17-6-3-7-18-26)22-29(35)33(21-24-14-8-11-19-27(24)31)28(20-23-12-4-2-5-13-23)30(36)32-25-15-9-10-16-25/h2-8,11-14,17-19,25,28H,9-10,15-16,20-22H2,1H3,(H,32,36)/t28-/m0/s1. The van der Waals surface area contributed by atoms with Gasteiger partial charge in [-0.2, -0.15) is 0 Å². The summed E-state index contributed by atoms with van der Waals surface area (Å²) in [6.07, 6.45) is 4.99. The highest BCUT2D eigenvalue weighted by Gasteiger charge is 2.34. The average molecular weight is 552 g/mol. The summed E-state index contributed by atoms with van der Waals surface area (Å²) in [7, 11) is -3.84. The summed E-state index contributed by atoms with van der Waals surface area (Å²) in [6.45, 7) is -0.715. The molecule has 0 saturated heterocycles. The van der Waals surface area contributed by atoms with Crippen LogP contribution in [0.15, 0.2) is 84.9 Å². The number of hydrogen-bond acceptors (Lipinski definition) is 4. The first-order chi connectivity index (χ1) is 18.7. The summed E-state index contributed by atoms with van der Waals surface area (Å²) in [5.74, 6) is -1.44. The molecule has 1 saturated carbocycles. The van der Waals surface area contributed by atoms with Gasteiger partial charge in [0.2, 0.25) is 21.8 Å². The van der Waals surface area contributed by atoms with Crippen LogP contribution in [0.1, 0.15) is 36.8 Å². The van der Waals surface area contributed by atoms with E-state index in [1.54, 1.807) is 48.5 Å². The van der Waals surface area contributed by atoms with Gasteiger partial charge in [0.25, 0.3) is 0 Å². The molecular weight excluding hydrogens is 517 g/mol. The van der Waals surface area contributed by atoms with Crippen LogP contribution >= 0.6 is 0 Å². The molecule has 39 heavy (non-hydrogen) atoms. The second-order valence-electron chi connectivity index (χ2n) is 9.91. The number of amides is 2. The number of anilines is 1. The molecule has 1 aliphatic rings. The van der Waals surface area contributed by atoms with Crippen molar-refractivity contribution in [2.45, 2.75) is 50.7 Å². The smallest absolute Gasteiger partial charge is 0.244 e. The zero-order valence-corrected chi connectivity index (χ0v) is 22.8. The quantitative estimate of drug-likeness (QED) is 0.385. The Labute approximate surface area is 229 Å². The van der Waals surface area contributed by atoms with E-state index in [0.29, 0.717) is 5.69 Å². The lowest BCUT2D eigenvalue weighted by Crippen LogP contribution is -2.54. The molecule has 1 atom stereocenters. The zero-order chi connectivity index (χ0) is 27.8. The van der Waals surface area contributed by atoms with Crippen LogP contribution in [0.4, 0.5) is 10.1 Å². The van der Waals surface area contributed by atoms with E-state index >= 15 is 0 Å². The van der Waals surface area contributed by atoms with Gasteiger partial charge in [0.15, 0.2) is 0 Å². The molecule has 3 aromatic carbocycles. The maximum absolute atomic E-state index is 14.8. The lowest BCUT2D eigenvalue weighted by Gasteiger charge is -2.34. The van der Waals surface area contributed by atoms with Gasteiger partial charge >= 0.3 is 0 Å². The number of hydrogen-bond donors (Lipinski definition) is 1. The van der Waals surface area contributed by atoms with E-state index in [9.17, 15) is 22.4 Å². The Balaban J connectivity index is 1.72. The number of halogens is 1. The van der Waals surface area contributed by atoms with E-state index in [1.807, 2.05) is 30.3 Å². The maximum Gasteiger partial charge on any atom is 0.244 e. The highest BCUT2D eigenvalue weighted by molar-refractivity contribution is 7.92. The monoisotopic (exact) mass is 551 g/mol. The van der Waals surface area contributed by atoms with Crippen molar-refractivity contribution in [2.75, 3.05) is 17.1 Å². The SMILES string of the molecule is CS(=O)(=O)N(CC(=O)N(Cc1ccccc1F)[C@@H](Cc1ccccc1)C(=O)NC1CCCC1)c1ccccc1. The van der Waals surface area contributed by atoms with E-state index < -0.39 is 34.3 Å². The van der Waals surface area contributed by atoms with Gasteiger partial charge in [-0.1, -0.05) is 79.6 Å². The number of benzene rings is 3. The van der Waals surface area contributed by atoms with E-state index in [4.69, 9.17) is 0 Å². The summed E-state index contributed by atoms with van der Waals surface area (Å²) < 4.78 is 41.3. The summed E-state index contributed by atoms with van der Waals surface area (Å²) in [4.78, 5) is 29.0. The molecule has 0 bridgehead atoms. The number of carbonyl (C=O) groups is 2. The summed E-state index contributed by atoms with van der Waals surface area (Å²) in [5.41, 5.74) is 1.40. The average Bonchev–Trinajstić information content (AvgIpc) is 3.43. The third-order valence-electron chi connectivity index (χ3n) is 6.99. The van der Waals surface area contributed by atoms with Crippen molar-refractivity contribution in [2.24, 2.45) is 0 Å². The summed E-state index contributed by atoms with van der Waals surface area (Å²) in [6, 6.07) is 22.7. The number of sulfonamides is 1. The lowest BCUT2D eigenvalue weighted by atomic mass is 10.0. The van der Waals surface area contributed by atoms with Crippen LogP contribution in [0, 0.1) is 5.82 Å². The minimum Gasteiger partial charge on any atom is -0.352 e. The molecule has 0 radical (unpaired) electrons. The Hall–Kier alpha value is -3.72. The van der Waals surface area contributed by atoms with Crippen molar-refractivity contribution in [1.82, 2.24) is 10.2 Å². The zero-order valence-electron chi connectivity index (χ0n) is 22.0. The second kappa shape index (κ2) is 12.9. The minimum absolute atomic E-state index is 0.0121. The van der Waals surface area contributed by atoms with Crippen LogP contribution in [0.5, 0.6) is 0 Å². The first-order valence-corrected chi connectivity index (χ1v) is 15.0. The van der Waals surface area contributed by atoms with Gasteiger partial charge < -0.3 is 10.2 Å². The molecule has 0 aliphatic heterocycles. The highest BCUT2D eigenvalue weighted by atomic mass is 32.2. The fraction of sp³-hybridized carbons (Fsp3) is 0.333. The Morgan fingerprint density at radius 2 is 1.51 bits per heavy atom. The molecule has 0 aromatic heterocycles. The van der Waals surface area contributed by atoms with E-state index in [0.717, 1.165) is 41.8 Å². The molecule has 4 rings (SSSR count). The van der Waals surface area contributed by atoms with Gasteiger partial charge in [-0.15, -0.1) is 0 Å². The number of rotatable bonds is 11. The molecule has 7 nitrogen and oxygen atoms in total. The van der Waals surface area contributed by atoms with Crippen molar-refractivity contribution in [1.29, 1.82) is 0 Å². The molecule has 1 fully saturated rings. The van der Waals surface area contributed by atoms with Crippen LogP contribution in [0.25, 0.3) is 0 Å². The van der Waals surface area contributed by atoms with Crippen LogP contribution in [-0.2, 0) is 32.6 Å². The lowest BCUT2D eigenvalue weighted by molar-refractivity contribution is -0.140. The first-order valence-electron chi connectivity index (χ1n) is 13.1. The molecule has 3 aromatic rings. The predicted octanol–water partition coefficient (Wildman–Crippen LogP) is 4.29. The molecule has 206 valence electrons. The molecule has 9 heteroatoms. The van der Waals surface area contributed by atoms with Gasteiger partial charge in [0.1, 0.15) is 18.4 Å². The van der Waals surface area contributed by atoms with Crippen molar-refractivity contribution < 1.29 is 22.4 Å².